The lowest BCUT2D eigenvalue weighted by atomic mass is 9.87. The van der Waals surface area contributed by atoms with Crippen molar-refractivity contribution in [1.82, 2.24) is 0 Å². The predicted molar refractivity (Wildman–Crippen MR) is 123 cm³/mol. The quantitative estimate of drug-likeness (QED) is 0.488. The first-order valence-corrected chi connectivity index (χ1v) is 13.6. The molecule has 164 valence electrons. The van der Waals surface area contributed by atoms with Crippen molar-refractivity contribution >= 4 is 8.32 Å². The molecule has 5 heteroatoms. The summed E-state index contributed by atoms with van der Waals surface area (Å²) in [4.78, 5) is 0. The lowest BCUT2D eigenvalue weighted by Gasteiger charge is -2.36. The number of hydrogen-bond donors (Lipinski definition) is 1. The minimum atomic E-state index is -1.89. The van der Waals surface area contributed by atoms with E-state index in [0.29, 0.717) is 23.5 Å². The van der Waals surface area contributed by atoms with Crippen LogP contribution in [0.1, 0.15) is 57.8 Å². The average Bonchev–Trinajstić information content (AvgIpc) is 3.44. The monoisotopic (exact) mass is 430 g/mol. The fourth-order valence-electron chi connectivity index (χ4n) is 3.34. The summed E-state index contributed by atoms with van der Waals surface area (Å²) in [5.41, 5.74) is 2.78. The Bertz CT molecular complexity index is 913. The number of halogens is 1. The molecule has 0 bridgehead atoms. The van der Waals surface area contributed by atoms with Crippen molar-refractivity contribution in [2.75, 3.05) is 7.11 Å². The highest BCUT2D eigenvalue weighted by atomic mass is 28.4. The van der Waals surface area contributed by atoms with Crippen LogP contribution in [0, 0.1) is 11.2 Å². The van der Waals surface area contributed by atoms with Crippen molar-refractivity contribution in [2.45, 2.75) is 71.4 Å². The van der Waals surface area contributed by atoms with Crippen LogP contribution in [0.5, 0.6) is 5.75 Å². The summed E-state index contributed by atoms with van der Waals surface area (Å²) in [6, 6.07) is 10.6. The van der Waals surface area contributed by atoms with Gasteiger partial charge in [0.05, 0.1) is 19.8 Å². The van der Waals surface area contributed by atoms with Crippen LogP contribution in [0.4, 0.5) is 4.39 Å². The maximum Gasteiger partial charge on any atom is 0.192 e. The zero-order chi connectivity index (χ0) is 22.3. The Balaban J connectivity index is 2.00. The van der Waals surface area contributed by atoms with E-state index in [1.807, 2.05) is 18.2 Å². The molecule has 3 nitrogen and oxygen atoms in total. The van der Waals surface area contributed by atoms with Crippen LogP contribution in [-0.4, -0.2) is 20.5 Å². The maximum atomic E-state index is 14.7. The molecule has 0 amide bonds. The van der Waals surface area contributed by atoms with Gasteiger partial charge in [-0.2, -0.15) is 0 Å². The largest absolute Gasteiger partial charge is 0.497 e. The Morgan fingerprint density at radius 3 is 2.33 bits per heavy atom. The highest BCUT2D eigenvalue weighted by Gasteiger charge is 2.45. The van der Waals surface area contributed by atoms with E-state index in [4.69, 9.17) is 9.16 Å². The van der Waals surface area contributed by atoms with Crippen LogP contribution >= 0.6 is 0 Å². The minimum Gasteiger partial charge on any atom is -0.497 e. The summed E-state index contributed by atoms with van der Waals surface area (Å²) in [5.74, 6) is 0.269. The van der Waals surface area contributed by atoms with Crippen molar-refractivity contribution in [3.8, 4) is 16.9 Å². The molecule has 0 radical (unpaired) electrons. The molecule has 1 aliphatic carbocycles. The van der Waals surface area contributed by atoms with Gasteiger partial charge >= 0.3 is 0 Å². The van der Waals surface area contributed by atoms with Gasteiger partial charge in [0.1, 0.15) is 11.6 Å². The number of aliphatic hydroxyl groups excluding tert-OH is 1. The molecule has 1 atom stereocenters. The second-order valence-electron chi connectivity index (χ2n) is 10.4. The molecule has 0 aromatic heterocycles. The Morgan fingerprint density at radius 1 is 1.10 bits per heavy atom. The third-order valence-corrected chi connectivity index (χ3v) is 11.5. The van der Waals surface area contributed by atoms with Crippen LogP contribution < -0.4 is 4.74 Å². The van der Waals surface area contributed by atoms with Crippen molar-refractivity contribution in [2.24, 2.45) is 5.41 Å². The second kappa shape index (κ2) is 8.10. The first-order chi connectivity index (χ1) is 13.9. The summed E-state index contributed by atoms with van der Waals surface area (Å²) in [6.07, 6.45) is 1.29. The van der Waals surface area contributed by atoms with Gasteiger partial charge in [0.2, 0.25) is 0 Å². The van der Waals surface area contributed by atoms with Gasteiger partial charge in [-0.15, -0.1) is 0 Å². The number of aliphatic hydroxyl groups is 1. The summed E-state index contributed by atoms with van der Waals surface area (Å²) in [5, 5.41) is 11.3. The Kier molecular flexibility index (Phi) is 6.20. The molecule has 0 spiro atoms. The number of hydrogen-bond acceptors (Lipinski definition) is 3. The zero-order valence-corrected chi connectivity index (χ0v) is 20.3. The van der Waals surface area contributed by atoms with Gasteiger partial charge in [-0.3, -0.25) is 0 Å². The molecule has 1 fully saturated rings. The molecule has 3 rings (SSSR count). The summed E-state index contributed by atoms with van der Waals surface area (Å²) in [7, 11) is -0.326. The van der Waals surface area contributed by atoms with E-state index in [0.717, 1.165) is 24.0 Å². The van der Waals surface area contributed by atoms with Gasteiger partial charge in [0.25, 0.3) is 0 Å². The standard InChI is InChI=1S/C25H35FO3Si/c1-24(2,3)30(6,7)29-16-17-8-10-19(20-15-18(28-5)9-11-22(20)26)21(14-17)23(27)25(4)12-13-25/h8-11,14-15,23,27H,12-13,16H2,1-7H3. The van der Waals surface area contributed by atoms with Gasteiger partial charge in [-0.25, -0.2) is 4.39 Å². The molecule has 30 heavy (non-hydrogen) atoms. The van der Waals surface area contributed by atoms with Crippen molar-refractivity contribution in [3.05, 3.63) is 53.3 Å². The van der Waals surface area contributed by atoms with E-state index in [1.165, 1.54) is 6.07 Å². The molecule has 0 heterocycles. The van der Waals surface area contributed by atoms with Gasteiger partial charge in [0, 0.05) is 5.56 Å². The van der Waals surface area contributed by atoms with E-state index in [2.05, 4.69) is 40.8 Å². The van der Waals surface area contributed by atoms with Crippen molar-refractivity contribution in [3.63, 3.8) is 0 Å². The Morgan fingerprint density at radius 2 is 1.77 bits per heavy atom. The van der Waals surface area contributed by atoms with Gasteiger partial charge in [-0.05, 0) is 71.3 Å². The molecule has 2 aromatic rings. The summed E-state index contributed by atoms with van der Waals surface area (Å²) >= 11 is 0. The highest BCUT2D eigenvalue weighted by Crippen LogP contribution is 2.55. The van der Waals surface area contributed by atoms with Crippen LogP contribution in [0.15, 0.2) is 36.4 Å². The highest BCUT2D eigenvalue weighted by molar-refractivity contribution is 6.74. The van der Waals surface area contributed by atoms with Crippen molar-refractivity contribution < 1.29 is 18.7 Å². The molecule has 0 saturated heterocycles. The van der Waals surface area contributed by atoms with E-state index in [-0.39, 0.29) is 16.3 Å². The van der Waals surface area contributed by atoms with Crippen LogP contribution in [0.25, 0.3) is 11.1 Å². The molecular weight excluding hydrogens is 395 g/mol. The van der Waals surface area contributed by atoms with Gasteiger partial charge in [-0.1, -0.05) is 45.9 Å². The van der Waals surface area contributed by atoms with E-state index >= 15 is 0 Å². The molecule has 1 N–H and O–H groups in total. The van der Waals surface area contributed by atoms with E-state index in [9.17, 15) is 9.50 Å². The second-order valence-corrected chi connectivity index (χ2v) is 15.2. The summed E-state index contributed by atoms with van der Waals surface area (Å²) in [6.45, 7) is 13.7. The lowest BCUT2D eigenvalue weighted by Crippen LogP contribution is -2.40. The Hall–Kier alpha value is -1.69. The van der Waals surface area contributed by atoms with Crippen molar-refractivity contribution in [1.29, 1.82) is 0 Å². The third kappa shape index (κ3) is 4.63. The number of methoxy groups -OCH3 is 1. The van der Waals surface area contributed by atoms with Crippen LogP contribution in [0.2, 0.25) is 18.1 Å². The third-order valence-electron chi connectivity index (χ3n) is 6.98. The normalized spacial score (nSPS) is 17.0. The lowest BCUT2D eigenvalue weighted by molar-refractivity contribution is 0.104. The fraction of sp³-hybridized carbons (Fsp3) is 0.520. The maximum absolute atomic E-state index is 14.7. The van der Waals surface area contributed by atoms with Gasteiger partial charge < -0.3 is 14.3 Å². The first-order valence-electron chi connectivity index (χ1n) is 10.7. The van der Waals surface area contributed by atoms with Crippen LogP contribution in [-0.2, 0) is 11.0 Å². The predicted octanol–water partition coefficient (Wildman–Crippen LogP) is 6.86. The molecule has 0 aliphatic heterocycles. The topological polar surface area (TPSA) is 38.7 Å². The molecule has 1 aliphatic rings. The van der Waals surface area contributed by atoms with E-state index in [1.54, 1.807) is 19.2 Å². The SMILES string of the molecule is COc1ccc(F)c(-c2ccc(CO[Si](C)(C)C(C)(C)C)cc2C(O)C2(C)CC2)c1. The number of rotatable bonds is 7. The van der Waals surface area contributed by atoms with Crippen LogP contribution in [0.3, 0.4) is 0 Å². The smallest absolute Gasteiger partial charge is 0.192 e. The van der Waals surface area contributed by atoms with Gasteiger partial charge in [0.15, 0.2) is 8.32 Å². The first kappa shape index (κ1) is 23.0. The summed E-state index contributed by atoms with van der Waals surface area (Å²) < 4.78 is 26.4. The molecule has 1 saturated carbocycles. The molecule has 2 aromatic carbocycles. The zero-order valence-electron chi connectivity index (χ0n) is 19.3. The average molecular weight is 431 g/mol. The molecule has 1 unspecified atom stereocenters. The minimum absolute atomic E-state index is 0.125. The number of ether oxygens (including phenoxy) is 1. The fourth-order valence-corrected chi connectivity index (χ4v) is 4.30. The number of benzene rings is 2. The van der Waals surface area contributed by atoms with E-state index < -0.39 is 14.4 Å². The Labute approximate surface area is 181 Å². The molecular formula is C25H35FO3Si.